The Hall–Kier alpha value is -0.0200. The molecule has 0 aromatic carbocycles. The molecule has 0 aromatic rings. The van der Waals surface area contributed by atoms with Gasteiger partial charge in [0, 0.05) is 0 Å². The zero-order chi connectivity index (χ0) is 5.58. The van der Waals surface area contributed by atoms with Crippen LogP contribution in [-0.2, 0) is 4.79 Å². The Morgan fingerprint density at radius 2 is 1.50 bits per heavy atom. The molecule has 5 heteroatoms. The van der Waals surface area contributed by atoms with Crippen molar-refractivity contribution < 1.29 is 14.6 Å². The molecule has 0 bridgehead atoms. The second-order valence-corrected chi connectivity index (χ2v) is 0.961. The number of nitrogens with two attached hydrogens (primary N) is 1. The SMILES string of the molecule is C=O.NP(O)O. The van der Waals surface area contributed by atoms with E-state index in [1.165, 1.54) is 0 Å². The Bertz CT molecular complexity index is 22.0. The maximum atomic E-state index is 8.00. The lowest BCUT2D eigenvalue weighted by Crippen LogP contribution is -1.78. The standard InChI is InChI=1S/CH2O.H4NO2P/c1-2;1-4(2)3/h1H2;2-3H,1H2. The van der Waals surface area contributed by atoms with Crippen LogP contribution in [0.3, 0.4) is 0 Å². The fraction of sp³-hybridized carbons (Fsp3) is 0. The first-order chi connectivity index (χ1) is 2.73. The van der Waals surface area contributed by atoms with E-state index in [1.807, 2.05) is 6.79 Å². The van der Waals surface area contributed by atoms with Crippen LogP contribution >= 0.6 is 8.53 Å². The predicted molar refractivity (Wildman–Crippen MR) is 22.7 cm³/mol. The summed E-state index contributed by atoms with van der Waals surface area (Å²) in [5.41, 5.74) is 4.29. The van der Waals surface area contributed by atoms with Crippen LogP contribution in [0.15, 0.2) is 0 Å². The first-order valence-electron chi connectivity index (χ1n) is 0.947. The smallest absolute Gasteiger partial charge is 0.247 e. The summed E-state index contributed by atoms with van der Waals surface area (Å²) < 4.78 is 0. The lowest BCUT2D eigenvalue weighted by Gasteiger charge is -1.79. The van der Waals surface area contributed by atoms with Gasteiger partial charge < -0.3 is 14.6 Å². The summed E-state index contributed by atoms with van der Waals surface area (Å²) in [4.78, 5) is 22.9. The average Bonchev–Trinajstić information content (AvgIpc) is 1.41. The van der Waals surface area contributed by atoms with Crippen LogP contribution in [0.5, 0.6) is 0 Å². The second kappa shape index (κ2) is 8.88. The lowest BCUT2D eigenvalue weighted by atomic mass is 11.9. The van der Waals surface area contributed by atoms with Crippen molar-refractivity contribution in [2.24, 2.45) is 5.50 Å². The zero-order valence-electron chi connectivity index (χ0n) is 3.03. The fourth-order valence-corrected chi connectivity index (χ4v) is 0. The molecule has 0 saturated carbocycles. The van der Waals surface area contributed by atoms with Gasteiger partial charge in [-0.15, -0.1) is 0 Å². The molecular weight excluding hydrogens is 105 g/mol. The van der Waals surface area contributed by atoms with Gasteiger partial charge in [-0.05, 0) is 0 Å². The monoisotopic (exact) mass is 111 g/mol. The molecule has 0 radical (unpaired) electrons. The average molecular weight is 111 g/mol. The Kier molecular flexibility index (Phi) is 13.9. The van der Waals surface area contributed by atoms with E-state index in [0.717, 1.165) is 0 Å². The van der Waals surface area contributed by atoms with Crippen molar-refractivity contribution >= 4 is 15.3 Å². The molecule has 6 heavy (non-hydrogen) atoms. The van der Waals surface area contributed by atoms with Gasteiger partial charge in [0.05, 0.1) is 0 Å². The summed E-state index contributed by atoms with van der Waals surface area (Å²) in [7, 11) is -2.12. The first kappa shape index (κ1) is 9.36. The van der Waals surface area contributed by atoms with Crippen LogP contribution in [0.1, 0.15) is 0 Å². The van der Waals surface area contributed by atoms with E-state index in [2.05, 4.69) is 5.50 Å². The van der Waals surface area contributed by atoms with Gasteiger partial charge in [-0.3, -0.25) is 5.50 Å². The van der Waals surface area contributed by atoms with Gasteiger partial charge in [0.15, 0.2) is 0 Å². The van der Waals surface area contributed by atoms with Gasteiger partial charge in [0.1, 0.15) is 6.79 Å². The Labute approximate surface area is 36.6 Å². The number of rotatable bonds is 0. The molecule has 0 unspecified atom stereocenters. The van der Waals surface area contributed by atoms with E-state index in [9.17, 15) is 0 Å². The summed E-state index contributed by atoms with van der Waals surface area (Å²) in [5.74, 6) is 0. The molecule has 0 atom stereocenters. The molecule has 0 aliphatic heterocycles. The lowest BCUT2D eigenvalue weighted by molar-refractivity contribution is -0.0979. The van der Waals surface area contributed by atoms with Crippen molar-refractivity contribution in [2.45, 2.75) is 0 Å². The molecule has 0 rings (SSSR count). The van der Waals surface area contributed by atoms with Gasteiger partial charge in [-0.1, -0.05) is 0 Å². The maximum Gasteiger partial charge on any atom is 0.247 e. The summed E-state index contributed by atoms with van der Waals surface area (Å²) >= 11 is 0. The quantitative estimate of drug-likeness (QED) is 0.349. The third-order valence-corrected chi connectivity index (χ3v) is 0. The van der Waals surface area contributed by atoms with E-state index >= 15 is 0 Å². The van der Waals surface area contributed by atoms with Crippen molar-refractivity contribution in [1.82, 2.24) is 0 Å². The minimum atomic E-state index is -2.12. The normalized spacial score (nSPS) is 6.67. The molecule has 0 amide bonds. The highest BCUT2D eigenvalue weighted by atomic mass is 31.2. The van der Waals surface area contributed by atoms with Crippen molar-refractivity contribution in [3.05, 3.63) is 0 Å². The molecule has 0 aliphatic carbocycles. The largest absolute Gasteiger partial charge is 0.338 e. The van der Waals surface area contributed by atoms with Crippen LogP contribution in [0.4, 0.5) is 0 Å². The highest BCUT2D eigenvalue weighted by Crippen LogP contribution is 2.05. The highest BCUT2D eigenvalue weighted by molar-refractivity contribution is 7.42. The maximum absolute atomic E-state index is 8.00. The molecule has 4 N–H and O–H groups in total. The molecule has 0 heterocycles. The fourth-order valence-electron chi connectivity index (χ4n) is 0. The minimum Gasteiger partial charge on any atom is -0.338 e. The first-order valence-corrected chi connectivity index (χ1v) is 2.26. The van der Waals surface area contributed by atoms with Gasteiger partial charge in [0.25, 0.3) is 0 Å². The third kappa shape index (κ3) is 88400. The molecule has 0 spiro atoms. The number of carbonyl (C=O) groups is 1. The van der Waals surface area contributed by atoms with Crippen molar-refractivity contribution in [3.63, 3.8) is 0 Å². The van der Waals surface area contributed by atoms with E-state index in [1.54, 1.807) is 0 Å². The summed E-state index contributed by atoms with van der Waals surface area (Å²) in [6.45, 7) is 2.00. The molecule has 0 fully saturated rings. The van der Waals surface area contributed by atoms with Crippen LogP contribution in [0.25, 0.3) is 0 Å². The number of hydrogen-bond donors (Lipinski definition) is 3. The molecule has 0 saturated heterocycles. The second-order valence-electron chi connectivity index (χ2n) is 0.320. The Balaban J connectivity index is 0. The number of carbonyl (C=O) groups excluding carboxylic acids is 1. The van der Waals surface area contributed by atoms with E-state index < -0.39 is 8.53 Å². The highest BCUT2D eigenvalue weighted by Gasteiger charge is 1.72. The minimum absolute atomic E-state index is 2.00. The van der Waals surface area contributed by atoms with Gasteiger partial charge in [-0.2, -0.15) is 0 Å². The van der Waals surface area contributed by atoms with Crippen LogP contribution < -0.4 is 5.50 Å². The van der Waals surface area contributed by atoms with E-state index in [-0.39, 0.29) is 0 Å². The van der Waals surface area contributed by atoms with E-state index in [0.29, 0.717) is 0 Å². The summed E-state index contributed by atoms with van der Waals surface area (Å²) in [6.07, 6.45) is 0. The zero-order valence-corrected chi connectivity index (χ0v) is 3.93. The Morgan fingerprint density at radius 3 is 1.50 bits per heavy atom. The summed E-state index contributed by atoms with van der Waals surface area (Å²) in [6, 6.07) is 0. The molecule has 38 valence electrons. The van der Waals surface area contributed by atoms with Crippen molar-refractivity contribution in [1.29, 1.82) is 0 Å². The van der Waals surface area contributed by atoms with Gasteiger partial charge in [-0.25, -0.2) is 0 Å². The topological polar surface area (TPSA) is 83.6 Å². The van der Waals surface area contributed by atoms with Crippen LogP contribution in [0.2, 0.25) is 0 Å². The van der Waals surface area contributed by atoms with Gasteiger partial charge in [0.2, 0.25) is 8.53 Å². The molecule has 0 aliphatic rings. The molecule has 4 nitrogen and oxygen atoms in total. The van der Waals surface area contributed by atoms with Gasteiger partial charge >= 0.3 is 0 Å². The summed E-state index contributed by atoms with van der Waals surface area (Å²) in [5, 5.41) is 0. The Morgan fingerprint density at radius 1 is 1.50 bits per heavy atom. The van der Waals surface area contributed by atoms with Crippen LogP contribution in [-0.4, -0.2) is 16.6 Å². The molecular formula is CH6NO3P. The van der Waals surface area contributed by atoms with E-state index in [4.69, 9.17) is 14.6 Å². The van der Waals surface area contributed by atoms with Crippen LogP contribution in [0, 0.1) is 0 Å². The van der Waals surface area contributed by atoms with Crippen molar-refractivity contribution in [2.75, 3.05) is 0 Å². The molecule has 0 aromatic heterocycles. The number of hydrogen-bond acceptors (Lipinski definition) is 4. The van der Waals surface area contributed by atoms with Crippen molar-refractivity contribution in [3.8, 4) is 0 Å². The third-order valence-electron chi connectivity index (χ3n) is 0. The predicted octanol–water partition coefficient (Wildman–Crippen LogP) is -1.03.